The van der Waals surface area contributed by atoms with E-state index in [-0.39, 0.29) is 22.8 Å². The maximum atomic E-state index is 11.3. The molecule has 0 heterocycles. The van der Waals surface area contributed by atoms with Crippen LogP contribution in [0, 0.1) is 0 Å². The van der Waals surface area contributed by atoms with Crippen LogP contribution in [0.25, 0.3) is 0 Å². The molecule has 1 aromatic rings. The lowest BCUT2D eigenvalue weighted by Crippen LogP contribution is -2.03. The van der Waals surface area contributed by atoms with Crippen molar-refractivity contribution in [3.8, 4) is 11.5 Å². The molecule has 0 fully saturated rings. The smallest absolute Gasteiger partial charge is 0.305 e. The second-order valence-electron chi connectivity index (χ2n) is 4.27. The maximum absolute atomic E-state index is 11.3. The van der Waals surface area contributed by atoms with Gasteiger partial charge >= 0.3 is 5.97 Å². The van der Waals surface area contributed by atoms with E-state index in [4.69, 9.17) is 4.74 Å². The fourth-order valence-corrected chi connectivity index (χ4v) is 2.46. The van der Waals surface area contributed by atoms with Crippen molar-refractivity contribution in [3.63, 3.8) is 0 Å². The topological polar surface area (TPSA) is 72.8 Å². The summed E-state index contributed by atoms with van der Waals surface area (Å²) < 4.78 is 10.2. The predicted molar refractivity (Wildman–Crippen MR) is 85.3 cm³/mol. The van der Waals surface area contributed by atoms with E-state index in [1.54, 1.807) is 6.07 Å². The van der Waals surface area contributed by atoms with E-state index in [0.29, 0.717) is 31.6 Å². The third-order valence-electron chi connectivity index (χ3n) is 2.81. The Bertz CT molecular complexity index is 518. The van der Waals surface area contributed by atoms with Crippen molar-refractivity contribution in [3.05, 3.63) is 17.7 Å². The van der Waals surface area contributed by atoms with Gasteiger partial charge in [-0.15, -0.1) is 11.8 Å². The number of phenols is 1. The van der Waals surface area contributed by atoms with Crippen LogP contribution in [0.2, 0.25) is 0 Å². The number of phenolic OH excluding ortho intramolecular Hbond substituents is 1. The number of carbonyl (C=O) groups excluding carboxylic acids is 2. The molecule has 0 bridgehead atoms. The first-order valence-electron chi connectivity index (χ1n) is 6.40. The molecule has 1 unspecified atom stereocenters. The third-order valence-corrected chi connectivity index (χ3v) is 3.88. The number of ether oxygens (including phenoxy) is 2. The van der Waals surface area contributed by atoms with Crippen LogP contribution in [0.4, 0.5) is 0 Å². The largest absolute Gasteiger partial charge is 0.507 e. The lowest BCUT2D eigenvalue weighted by Gasteiger charge is -2.12. The van der Waals surface area contributed by atoms with Crippen LogP contribution in [0.15, 0.2) is 17.0 Å². The lowest BCUT2D eigenvalue weighted by molar-refractivity contribution is -0.140. The molecule has 0 aliphatic rings. The van der Waals surface area contributed by atoms with Crippen molar-refractivity contribution in [1.29, 1.82) is 0 Å². The molecule has 7 heteroatoms. The maximum Gasteiger partial charge on any atom is 0.305 e. The minimum Gasteiger partial charge on any atom is -0.507 e. The number of esters is 1. The molecule has 116 valence electrons. The summed E-state index contributed by atoms with van der Waals surface area (Å²) in [6, 6.07) is 3.06. The Labute approximate surface area is 130 Å². The fourth-order valence-electron chi connectivity index (χ4n) is 1.67. The van der Waals surface area contributed by atoms with Gasteiger partial charge in [-0.2, -0.15) is 0 Å². The number of benzene rings is 1. The van der Waals surface area contributed by atoms with Crippen LogP contribution in [0.5, 0.6) is 11.5 Å². The highest BCUT2D eigenvalue weighted by molar-refractivity contribution is 7.98. The van der Waals surface area contributed by atoms with E-state index in [9.17, 15) is 14.7 Å². The fraction of sp³-hybridized carbons (Fsp3) is 0.429. The van der Waals surface area contributed by atoms with Gasteiger partial charge in [-0.3, -0.25) is 9.59 Å². The molecule has 1 rings (SSSR count). The van der Waals surface area contributed by atoms with Gasteiger partial charge in [0.25, 0.3) is 0 Å². The van der Waals surface area contributed by atoms with Gasteiger partial charge in [0.15, 0.2) is 5.52 Å². The monoisotopic (exact) mass is 330 g/mol. The van der Waals surface area contributed by atoms with E-state index in [0.717, 1.165) is 4.90 Å². The summed E-state index contributed by atoms with van der Waals surface area (Å²) in [4.78, 5) is 23.1. The lowest BCUT2D eigenvalue weighted by atomic mass is 10.2. The summed E-state index contributed by atoms with van der Waals surface area (Å²) in [6.45, 7) is 0.429. The molecule has 0 amide bonds. The van der Waals surface area contributed by atoms with Crippen molar-refractivity contribution in [2.75, 3.05) is 20.0 Å². The van der Waals surface area contributed by atoms with Crippen molar-refractivity contribution in [2.24, 2.45) is 0 Å². The first-order chi connectivity index (χ1) is 9.99. The van der Waals surface area contributed by atoms with Crippen LogP contribution in [0.1, 0.15) is 29.6 Å². The summed E-state index contributed by atoms with van der Waals surface area (Å²) in [6.07, 6.45) is 3.61. The quantitative estimate of drug-likeness (QED) is 0.342. The molecule has 0 aliphatic carbocycles. The van der Waals surface area contributed by atoms with Gasteiger partial charge in [-0.25, -0.2) is 0 Å². The minimum absolute atomic E-state index is 0.0997. The molecular formula is C14H19O5PS. The minimum atomic E-state index is -0.271. The first-order valence-corrected chi connectivity index (χ1v) is 8.20. The summed E-state index contributed by atoms with van der Waals surface area (Å²) in [5.41, 5.74) is -0.0187. The van der Waals surface area contributed by atoms with Crippen LogP contribution in [-0.2, 0) is 9.53 Å². The number of carbonyl (C=O) groups is 2. The van der Waals surface area contributed by atoms with Crippen LogP contribution in [-0.4, -0.2) is 36.6 Å². The van der Waals surface area contributed by atoms with Crippen molar-refractivity contribution >= 4 is 32.5 Å². The highest BCUT2D eigenvalue weighted by atomic mass is 32.2. The van der Waals surface area contributed by atoms with Gasteiger partial charge in [-0.05, 0) is 25.2 Å². The molecule has 0 saturated carbocycles. The normalized spacial score (nSPS) is 10.2. The number of hydrogen-bond acceptors (Lipinski definition) is 6. The molecule has 1 aromatic carbocycles. The Balaban J connectivity index is 2.60. The molecule has 21 heavy (non-hydrogen) atoms. The Morgan fingerprint density at radius 3 is 2.62 bits per heavy atom. The number of aromatic hydroxyl groups is 1. The molecule has 0 aromatic heterocycles. The zero-order valence-corrected chi connectivity index (χ0v) is 14.0. The van der Waals surface area contributed by atoms with Gasteiger partial charge in [0.1, 0.15) is 11.5 Å². The van der Waals surface area contributed by atoms with Crippen molar-refractivity contribution in [1.82, 2.24) is 0 Å². The second-order valence-corrected chi connectivity index (χ2v) is 5.64. The Hall–Kier alpha value is -1.26. The molecule has 0 saturated heterocycles. The Kier molecular flexibility index (Phi) is 7.54. The summed E-state index contributed by atoms with van der Waals surface area (Å²) in [5, 5.41) is 9.80. The highest BCUT2D eigenvalue weighted by Gasteiger charge is 2.13. The predicted octanol–water partition coefficient (Wildman–Crippen LogP) is 2.85. The van der Waals surface area contributed by atoms with E-state index in [2.05, 4.69) is 4.74 Å². The molecule has 1 atom stereocenters. The average molecular weight is 330 g/mol. The zero-order chi connectivity index (χ0) is 15.8. The van der Waals surface area contributed by atoms with Gasteiger partial charge in [0, 0.05) is 12.5 Å². The number of hydrogen-bond donors (Lipinski definition) is 1. The first kappa shape index (κ1) is 17.8. The Morgan fingerprint density at radius 1 is 1.33 bits per heavy atom. The standard InChI is InChI=1S/C14H19O5PS/c1-18-13(16)5-3-4-6-19-11-8-10(15)9(14(17)20)7-12(11)21-2/h7-8,15H,3-6,20H2,1-2H3. The second kappa shape index (κ2) is 8.90. The van der Waals surface area contributed by atoms with E-state index >= 15 is 0 Å². The van der Waals surface area contributed by atoms with Crippen molar-refractivity contribution < 1.29 is 24.2 Å². The molecule has 0 spiro atoms. The number of unbranched alkanes of at least 4 members (excludes halogenated alkanes) is 1. The molecule has 0 radical (unpaired) electrons. The third kappa shape index (κ3) is 5.56. The highest BCUT2D eigenvalue weighted by Crippen LogP contribution is 2.35. The number of thioether (sulfide) groups is 1. The van der Waals surface area contributed by atoms with E-state index in [1.165, 1.54) is 24.9 Å². The van der Waals surface area contributed by atoms with E-state index in [1.807, 2.05) is 15.5 Å². The van der Waals surface area contributed by atoms with Crippen LogP contribution < -0.4 is 4.74 Å². The number of rotatable bonds is 8. The average Bonchev–Trinajstić information content (AvgIpc) is 2.46. The molecule has 1 N–H and O–H groups in total. The number of methoxy groups -OCH3 is 1. The van der Waals surface area contributed by atoms with Gasteiger partial charge in [0.2, 0.25) is 0 Å². The summed E-state index contributed by atoms with van der Waals surface area (Å²) in [5.74, 6) is 0.200. The SMILES string of the molecule is COC(=O)CCCCOc1cc(O)c(C(=O)P)cc1SC. The Morgan fingerprint density at radius 2 is 2.05 bits per heavy atom. The van der Waals surface area contributed by atoms with Crippen LogP contribution in [0.3, 0.4) is 0 Å². The van der Waals surface area contributed by atoms with Gasteiger partial charge in [-0.1, -0.05) is 9.24 Å². The van der Waals surface area contributed by atoms with E-state index < -0.39 is 0 Å². The molecular weight excluding hydrogens is 311 g/mol. The van der Waals surface area contributed by atoms with Gasteiger partial charge < -0.3 is 14.6 Å². The van der Waals surface area contributed by atoms with Crippen LogP contribution >= 0.6 is 21.0 Å². The zero-order valence-electron chi connectivity index (χ0n) is 12.0. The summed E-state index contributed by atoms with van der Waals surface area (Å²) in [7, 11) is 3.40. The van der Waals surface area contributed by atoms with Gasteiger partial charge in [0.05, 0.1) is 24.2 Å². The summed E-state index contributed by atoms with van der Waals surface area (Å²) >= 11 is 1.44. The molecule has 0 aliphatic heterocycles. The van der Waals surface area contributed by atoms with Crippen molar-refractivity contribution in [2.45, 2.75) is 24.2 Å². The molecule has 5 nitrogen and oxygen atoms in total.